The van der Waals surface area contributed by atoms with Crippen molar-refractivity contribution in [3.8, 4) is 5.75 Å². The first-order chi connectivity index (χ1) is 16.2. The number of nitrogens with one attached hydrogen (secondary N) is 1. The normalized spacial score (nSPS) is 15.6. The van der Waals surface area contributed by atoms with Gasteiger partial charge in [-0.1, -0.05) is 41.5 Å². The zero-order valence-electron chi connectivity index (χ0n) is 17.7. The van der Waals surface area contributed by atoms with Crippen LogP contribution >= 0.6 is 22.9 Å². The number of piperidine rings is 1. The third-order valence-corrected chi connectivity index (χ3v) is 8.16. The summed E-state index contributed by atoms with van der Waals surface area (Å²) in [7, 11) is -3.67. The highest BCUT2D eigenvalue weighted by Gasteiger charge is 2.28. The SMILES string of the molecule is O=C(Nc1ncc(Cl)s1)C(Oc1ccc(F)cc1F)c1ccc(S(=O)(=O)N2CCCCC2)cc1. The number of carbonyl (C=O) groups is 1. The van der Waals surface area contributed by atoms with Gasteiger partial charge in [-0.15, -0.1) is 0 Å². The highest BCUT2D eigenvalue weighted by Crippen LogP contribution is 2.30. The van der Waals surface area contributed by atoms with Crippen molar-refractivity contribution in [2.75, 3.05) is 18.4 Å². The van der Waals surface area contributed by atoms with Gasteiger partial charge in [0, 0.05) is 24.7 Å². The quantitative estimate of drug-likeness (QED) is 0.466. The van der Waals surface area contributed by atoms with Crippen LogP contribution in [0.15, 0.2) is 53.6 Å². The van der Waals surface area contributed by atoms with Crippen LogP contribution in [-0.2, 0) is 14.8 Å². The monoisotopic (exact) mass is 527 g/mol. The van der Waals surface area contributed by atoms with Crippen LogP contribution in [0.3, 0.4) is 0 Å². The highest BCUT2D eigenvalue weighted by atomic mass is 35.5. The first-order valence-electron chi connectivity index (χ1n) is 10.4. The number of benzene rings is 2. The van der Waals surface area contributed by atoms with Crippen LogP contribution in [0, 0.1) is 11.6 Å². The minimum Gasteiger partial charge on any atom is -0.473 e. The van der Waals surface area contributed by atoms with Crippen molar-refractivity contribution < 1.29 is 26.7 Å². The first kappa shape index (κ1) is 24.5. The third-order valence-electron chi connectivity index (χ3n) is 5.22. The lowest BCUT2D eigenvalue weighted by molar-refractivity contribution is -0.123. The number of nitrogens with zero attached hydrogens (tertiary/aromatic N) is 2. The minimum absolute atomic E-state index is 0.0805. The van der Waals surface area contributed by atoms with Gasteiger partial charge in [0.15, 0.2) is 16.7 Å². The van der Waals surface area contributed by atoms with E-state index in [4.69, 9.17) is 16.3 Å². The van der Waals surface area contributed by atoms with E-state index in [2.05, 4.69) is 10.3 Å². The zero-order chi connectivity index (χ0) is 24.3. The molecular weight excluding hydrogens is 508 g/mol. The topological polar surface area (TPSA) is 88.6 Å². The second-order valence-corrected chi connectivity index (χ2v) is 11.2. The molecule has 2 aromatic carbocycles. The molecule has 1 unspecified atom stereocenters. The van der Waals surface area contributed by atoms with Crippen LogP contribution in [0.5, 0.6) is 5.75 Å². The van der Waals surface area contributed by atoms with Gasteiger partial charge in [-0.2, -0.15) is 4.31 Å². The van der Waals surface area contributed by atoms with Crippen LogP contribution in [0.1, 0.15) is 30.9 Å². The summed E-state index contributed by atoms with van der Waals surface area (Å²) in [5.74, 6) is -2.82. The molecule has 180 valence electrons. The number of carbonyl (C=O) groups excluding carboxylic acids is 1. The molecule has 1 atom stereocenters. The number of amides is 1. The fraction of sp³-hybridized carbons (Fsp3) is 0.273. The predicted molar refractivity (Wildman–Crippen MR) is 125 cm³/mol. The van der Waals surface area contributed by atoms with Crippen molar-refractivity contribution in [1.29, 1.82) is 0 Å². The van der Waals surface area contributed by atoms with Crippen LogP contribution in [0.2, 0.25) is 4.34 Å². The molecule has 1 amide bonds. The van der Waals surface area contributed by atoms with Gasteiger partial charge in [0.25, 0.3) is 5.91 Å². The Morgan fingerprint density at radius 2 is 1.82 bits per heavy atom. The van der Waals surface area contributed by atoms with Crippen molar-refractivity contribution in [2.24, 2.45) is 0 Å². The average molecular weight is 528 g/mol. The summed E-state index contributed by atoms with van der Waals surface area (Å²) in [5, 5.41) is 2.75. The predicted octanol–water partition coefficient (Wildman–Crippen LogP) is 5.01. The van der Waals surface area contributed by atoms with E-state index in [1.54, 1.807) is 0 Å². The Morgan fingerprint density at radius 1 is 1.12 bits per heavy atom. The molecule has 7 nitrogen and oxygen atoms in total. The van der Waals surface area contributed by atoms with Crippen LogP contribution in [-0.4, -0.2) is 36.7 Å². The number of sulfonamides is 1. The molecule has 1 fully saturated rings. The molecule has 1 aromatic heterocycles. The smallest absolute Gasteiger partial charge is 0.271 e. The Labute approximate surface area is 204 Å². The molecule has 1 aliphatic heterocycles. The van der Waals surface area contributed by atoms with E-state index in [-0.39, 0.29) is 21.3 Å². The van der Waals surface area contributed by atoms with Gasteiger partial charge >= 0.3 is 0 Å². The van der Waals surface area contributed by atoms with Crippen LogP contribution in [0.4, 0.5) is 13.9 Å². The third kappa shape index (κ3) is 5.54. The van der Waals surface area contributed by atoms with Gasteiger partial charge in [0.05, 0.1) is 11.1 Å². The van der Waals surface area contributed by atoms with E-state index in [0.717, 1.165) is 42.7 Å². The number of aromatic nitrogens is 1. The molecule has 12 heteroatoms. The maximum Gasteiger partial charge on any atom is 0.271 e. The Hall–Kier alpha value is -2.60. The van der Waals surface area contributed by atoms with Gasteiger partial charge < -0.3 is 4.74 Å². The number of halogens is 3. The van der Waals surface area contributed by atoms with Crippen molar-refractivity contribution in [2.45, 2.75) is 30.3 Å². The summed E-state index contributed by atoms with van der Waals surface area (Å²) in [5.41, 5.74) is 0.265. The molecule has 0 saturated carbocycles. The molecule has 1 N–H and O–H groups in total. The van der Waals surface area contributed by atoms with E-state index in [0.29, 0.717) is 23.5 Å². The van der Waals surface area contributed by atoms with Crippen molar-refractivity contribution >= 4 is 44.0 Å². The van der Waals surface area contributed by atoms with E-state index in [1.807, 2.05) is 0 Å². The maximum absolute atomic E-state index is 14.2. The molecule has 0 radical (unpaired) electrons. The second-order valence-electron chi connectivity index (χ2n) is 7.57. The fourth-order valence-corrected chi connectivity index (χ4v) is 5.86. The zero-order valence-corrected chi connectivity index (χ0v) is 20.1. The van der Waals surface area contributed by atoms with Crippen molar-refractivity contribution in [3.05, 3.63) is 70.2 Å². The molecule has 1 aliphatic rings. The van der Waals surface area contributed by atoms with Gasteiger partial charge in [-0.25, -0.2) is 22.2 Å². The summed E-state index contributed by atoms with van der Waals surface area (Å²) in [6.45, 7) is 0.914. The molecule has 0 bridgehead atoms. The average Bonchev–Trinajstić information content (AvgIpc) is 3.23. The lowest BCUT2D eigenvalue weighted by atomic mass is 10.1. The standard InChI is InChI=1S/C22H20ClF2N3O4S2/c23-19-13-26-22(33-19)27-21(29)20(32-18-9-6-15(24)12-17(18)25)14-4-7-16(8-5-14)34(30,31)28-10-2-1-3-11-28/h4-9,12-13,20H,1-3,10-11H2,(H,26,27,29). The lowest BCUT2D eigenvalue weighted by Crippen LogP contribution is -2.35. The number of ether oxygens (including phenoxy) is 1. The molecule has 3 aromatic rings. The van der Waals surface area contributed by atoms with Gasteiger partial charge in [0.1, 0.15) is 10.2 Å². The highest BCUT2D eigenvalue weighted by molar-refractivity contribution is 7.89. The summed E-state index contributed by atoms with van der Waals surface area (Å²) in [4.78, 5) is 17.0. The minimum atomic E-state index is -3.67. The summed E-state index contributed by atoms with van der Waals surface area (Å²) >= 11 is 6.88. The Bertz CT molecular complexity index is 1280. The van der Waals surface area contributed by atoms with Crippen LogP contribution < -0.4 is 10.1 Å². The van der Waals surface area contributed by atoms with Crippen molar-refractivity contribution in [1.82, 2.24) is 9.29 Å². The van der Waals surface area contributed by atoms with E-state index in [1.165, 1.54) is 34.8 Å². The van der Waals surface area contributed by atoms with Crippen molar-refractivity contribution in [3.63, 3.8) is 0 Å². The number of hydrogen-bond donors (Lipinski definition) is 1. The largest absolute Gasteiger partial charge is 0.473 e. The number of thiazole rings is 1. The molecule has 1 saturated heterocycles. The maximum atomic E-state index is 14.2. The Kier molecular flexibility index (Phi) is 7.46. The summed E-state index contributed by atoms with van der Waals surface area (Å²) < 4.78 is 60.8. The molecule has 0 aliphatic carbocycles. The Morgan fingerprint density at radius 3 is 2.44 bits per heavy atom. The van der Waals surface area contributed by atoms with Crippen LogP contribution in [0.25, 0.3) is 0 Å². The fourth-order valence-electron chi connectivity index (χ4n) is 3.52. The Balaban J connectivity index is 1.62. The lowest BCUT2D eigenvalue weighted by Gasteiger charge is -2.26. The van der Waals surface area contributed by atoms with E-state index in [9.17, 15) is 22.0 Å². The summed E-state index contributed by atoms with van der Waals surface area (Å²) in [6, 6.07) is 8.32. The van der Waals surface area contributed by atoms with Gasteiger partial charge in [-0.3, -0.25) is 10.1 Å². The number of hydrogen-bond acceptors (Lipinski definition) is 6. The summed E-state index contributed by atoms with van der Waals surface area (Å²) in [6.07, 6.45) is 2.57. The first-order valence-corrected chi connectivity index (χ1v) is 13.0. The molecule has 4 rings (SSSR count). The van der Waals surface area contributed by atoms with E-state index < -0.39 is 33.7 Å². The number of rotatable bonds is 7. The number of anilines is 1. The molecule has 34 heavy (non-hydrogen) atoms. The molecule has 2 heterocycles. The second kappa shape index (κ2) is 10.3. The van der Waals surface area contributed by atoms with E-state index >= 15 is 0 Å². The molecular formula is C22H20ClF2N3O4S2. The van der Waals surface area contributed by atoms with Gasteiger partial charge in [0.2, 0.25) is 16.1 Å². The molecule has 0 spiro atoms. The van der Waals surface area contributed by atoms with Gasteiger partial charge in [-0.05, 0) is 37.1 Å².